The van der Waals surface area contributed by atoms with E-state index in [9.17, 15) is 23.1 Å². The van der Waals surface area contributed by atoms with Crippen LogP contribution >= 0.6 is 0 Å². The number of aromatic nitrogens is 2. The summed E-state index contributed by atoms with van der Waals surface area (Å²) >= 11 is 0. The van der Waals surface area contributed by atoms with E-state index in [1.54, 1.807) is 33.8 Å². The Kier molecular flexibility index (Phi) is 4.33. The van der Waals surface area contributed by atoms with Crippen molar-refractivity contribution in [1.82, 2.24) is 19.6 Å². The van der Waals surface area contributed by atoms with E-state index in [1.165, 1.54) is 4.90 Å². The zero-order valence-corrected chi connectivity index (χ0v) is 16.8. The molecule has 3 aliphatic rings. The van der Waals surface area contributed by atoms with E-state index in [2.05, 4.69) is 5.10 Å². The Morgan fingerprint density at radius 3 is 2.50 bits per heavy atom. The molecule has 0 unspecified atom stereocenters. The van der Waals surface area contributed by atoms with Crippen LogP contribution in [0.15, 0.2) is 29.2 Å². The first kappa shape index (κ1) is 19.1. The van der Waals surface area contributed by atoms with E-state index in [-0.39, 0.29) is 41.4 Å². The molecule has 10 nitrogen and oxygen atoms in total. The quantitative estimate of drug-likeness (QED) is 0.746. The fourth-order valence-electron chi connectivity index (χ4n) is 4.21. The van der Waals surface area contributed by atoms with Crippen LogP contribution in [0.1, 0.15) is 22.1 Å². The van der Waals surface area contributed by atoms with Crippen molar-refractivity contribution >= 4 is 21.8 Å². The van der Waals surface area contributed by atoms with Crippen LogP contribution in [0, 0.1) is 0 Å². The number of fused-ring (bicyclic) bond motifs is 3. The van der Waals surface area contributed by atoms with Gasteiger partial charge in [-0.15, -0.1) is 0 Å². The molecule has 158 valence electrons. The molecule has 0 aliphatic carbocycles. The standard InChI is InChI=1S/C19H20N4O6S/c24-18(21-5-7-29-8-6-21)16-14-11-30(27,28)15-4-2-1-3-13(15)17(14)23(20-16)12-9-22(10-12)19(25)26/h1-4,12H,5-11H2,(H,25,26). The second kappa shape index (κ2) is 6.81. The smallest absolute Gasteiger partial charge is 0.407 e. The van der Waals surface area contributed by atoms with E-state index in [0.29, 0.717) is 43.1 Å². The monoisotopic (exact) mass is 432 g/mol. The Hall–Kier alpha value is -2.92. The van der Waals surface area contributed by atoms with E-state index in [1.807, 2.05) is 0 Å². The van der Waals surface area contributed by atoms with Crippen LogP contribution in [0.5, 0.6) is 0 Å². The largest absolute Gasteiger partial charge is 0.465 e. The molecule has 4 heterocycles. The highest BCUT2D eigenvalue weighted by Gasteiger charge is 2.41. The zero-order chi connectivity index (χ0) is 21.0. The summed E-state index contributed by atoms with van der Waals surface area (Å²) in [4.78, 5) is 27.5. The van der Waals surface area contributed by atoms with Gasteiger partial charge in [0, 0.05) is 37.3 Å². The van der Waals surface area contributed by atoms with Gasteiger partial charge in [-0.05, 0) is 6.07 Å². The van der Waals surface area contributed by atoms with Crippen LogP contribution in [0.2, 0.25) is 0 Å². The molecular formula is C19H20N4O6S. The fourth-order valence-corrected chi connectivity index (χ4v) is 5.81. The van der Waals surface area contributed by atoms with Gasteiger partial charge < -0.3 is 19.6 Å². The molecule has 0 bridgehead atoms. The van der Waals surface area contributed by atoms with Crippen molar-refractivity contribution in [1.29, 1.82) is 0 Å². The topological polar surface area (TPSA) is 122 Å². The summed E-state index contributed by atoms with van der Waals surface area (Å²) in [6.45, 7) is 2.16. The number of hydrogen-bond acceptors (Lipinski definition) is 6. The van der Waals surface area contributed by atoms with Gasteiger partial charge in [-0.25, -0.2) is 13.2 Å². The Balaban J connectivity index is 1.64. The van der Waals surface area contributed by atoms with E-state index < -0.39 is 15.9 Å². The summed E-state index contributed by atoms with van der Waals surface area (Å²) in [5.41, 5.74) is 1.60. The molecular weight excluding hydrogens is 412 g/mol. The summed E-state index contributed by atoms with van der Waals surface area (Å²) in [6, 6.07) is 6.42. The van der Waals surface area contributed by atoms with Crippen LogP contribution in [0.25, 0.3) is 11.3 Å². The van der Waals surface area contributed by atoms with Gasteiger partial charge in [0.15, 0.2) is 15.5 Å². The van der Waals surface area contributed by atoms with Crippen molar-refractivity contribution in [2.24, 2.45) is 0 Å². The lowest BCUT2D eigenvalue weighted by molar-refractivity contribution is 0.0296. The maximum Gasteiger partial charge on any atom is 0.407 e. The van der Waals surface area contributed by atoms with Gasteiger partial charge in [0.05, 0.1) is 35.6 Å². The van der Waals surface area contributed by atoms with Crippen molar-refractivity contribution in [2.45, 2.75) is 16.7 Å². The predicted molar refractivity (Wildman–Crippen MR) is 104 cm³/mol. The van der Waals surface area contributed by atoms with E-state index in [4.69, 9.17) is 4.74 Å². The van der Waals surface area contributed by atoms with Crippen molar-refractivity contribution < 1.29 is 27.9 Å². The molecule has 0 radical (unpaired) electrons. The number of rotatable bonds is 2. The highest BCUT2D eigenvalue weighted by molar-refractivity contribution is 7.90. The minimum Gasteiger partial charge on any atom is -0.465 e. The molecule has 2 saturated heterocycles. The molecule has 1 aromatic carbocycles. The Bertz CT molecular complexity index is 1150. The highest BCUT2D eigenvalue weighted by Crippen LogP contribution is 2.41. The molecule has 2 aromatic rings. The van der Waals surface area contributed by atoms with E-state index >= 15 is 0 Å². The molecule has 2 fully saturated rings. The summed E-state index contributed by atoms with van der Waals surface area (Å²) in [5, 5.41) is 13.7. The lowest BCUT2D eigenvalue weighted by Crippen LogP contribution is -2.50. The van der Waals surface area contributed by atoms with Gasteiger partial charge >= 0.3 is 6.09 Å². The number of nitrogens with zero attached hydrogens (tertiary/aromatic N) is 4. The number of morpholine rings is 1. The number of carbonyl (C=O) groups is 2. The summed E-state index contributed by atoms with van der Waals surface area (Å²) in [5.74, 6) is -0.627. The van der Waals surface area contributed by atoms with Crippen LogP contribution in [0.4, 0.5) is 4.79 Å². The lowest BCUT2D eigenvalue weighted by Gasteiger charge is -2.38. The van der Waals surface area contributed by atoms with Gasteiger partial charge in [-0.2, -0.15) is 5.10 Å². The highest BCUT2D eigenvalue weighted by atomic mass is 32.2. The minimum atomic E-state index is -3.62. The number of ether oxygens (including phenoxy) is 1. The predicted octanol–water partition coefficient (Wildman–Crippen LogP) is 0.845. The number of sulfone groups is 1. The molecule has 0 saturated carbocycles. The van der Waals surface area contributed by atoms with Crippen LogP contribution < -0.4 is 0 Å². The van der Waals surface area contributed by atoms with Crippen molar-refractivity contribution in [3.63, 3.8) is 0 Å². The summed E-state index contributed by atoms with van der Waals surface area (Å²) in [6.07, 6.45) is -1.01. The third kappa shape index (κ3) is 2.88. The van der Waals surface area contributed by atoms with Crippen molar-refractivity contribution in [3.8, 4) is 11.3 Å². The van der Waals surface area contributed by atoms with Gasteiger partial charge in [0.25, 0.3) is 5.91 Å². The molecule has 3 aliphatic heterocycles. The number of benzene rings is 1. The average molecular weight is 432 g/mol. The Labute approximate surface area is 172 Å². The van der Waals surface area contributed by atoms with E-state index in [0.717, 1.165) is 0 Å². The average Bonchev–Trinajstić information content (AvgIpc) is 3.05. The molecule has 0 spiro atoms. The normalized spacial score (nSPS) is 20.3. The maximum absolute atomic E-state index is 13.2. The maximum atomic E-state index is 13.2. The lowest BCUT2D eigenvalue weighted by atomic mass is 10.0. The number of hydrogen-bond donors (Lipinski definition) is 1. The molecule has 30 heavy (non-hydrogen) atoms. The first-order valence-corrected chi connectivity index (χ1v) is 11.3. The van der Waals surface area contributed by atoms with Crippen LogP contribution in [-0.4, -0.2) is 84.5 Å². The second-order valence-corrected chi connectivity index (χ2v) is 9.58. The molecule has 2 amide bonds. The van der Waals surface area contributed by atoms with Gasteiger partial charge in [0.1, 0.15) is 0 Å². The SMILES string of the molecule is O=C(O)N1CC(n2nc(C(=O)N3CCOCC3)c3c2-c2ccccc2S(=O)(=O)C3)C1. The minimum absolute atomic E-state index is 0.124. The first-order valence-electron chi connectivity index (χ1n) is 9.65. The third-order valence-electron chi connectivity index (χ3n) is 5.80. The summed E-state index contributed by atoms with van der Waals surface area (Å²) in [7, 11) is -3.62. The third-order valence-corrected chi connectivity index (χ3v) is 7.49. The Morgan fingerprint density at radius 2 is 1.80 bits per heavy atom. The fraction of sp³-hybridized carbons (Fsp3) is 0.421. The molecule has 0 atom stereocenters. The van der Waals surface area contributed by atoms with Crippen molar-refractivity contribution in [3.05, 3.63) is 35.5 Å². The number of carboxylic acid groups (broad SMARTS) is 1. The number of likely N-dealkylation sites (tertiary alicyclic amines) is 1. The second-order valence-electron chi connectivity index (χ2n) is 7.62. The van der Waals surface area contributed by atoms with Crippen LogP contribution in [0.3, 0.4) is 0 Å². The first-order chi connectivity index (χ1) is 14.4. The molecule has 5 rings (SSSR count). The van der Waals surface area contributed by atoms with Gasteiger partial charge in [-0.1, -0.05) is 18.2 Å². The zero-order valence-electron chi connectivity index (χ0n) is 16.0. The number of amides is 2. The molecule has 11 heteroatoms. The molecule has 1 aromatic heterocycles. The number of carbonyl (C=O) groups excluding carboxylic acids is 1. The van der Waals surface area contributed by atoms with Crippen LogP contribution in [-0.2, 0) is 20.3 Å². The Morgan fingerprint density at radius 1 is 1.10 bits per heavy atom. The molecule has 1 N–H and O–H groups in total. The van der Waals surface area contributed by atoms with Crippen molar-refractivity contribution in [2.75, 3.05) is 39.4 Å². The van der Waals surface area contributed by atoms with Gasteiger partial charge in [-0.3, -0.25) is 9.48 Å². The summed E-state index contributed by atoms with van der Waals surface area (Å²) < 4.78 is 32.8. The van der Waals surface area contributed by atoms with Gasteiger partial charge in [0.2, 0.25) is 0 Å².